The summed E-state index contributed by atoms with van der Waals surface area (Å²) < 4.78 is 26.1. The fraction of sp³-hybridized carbons (Fsp3) is 0.562. The molecule has 1 aromatic rings. The number of amides is 1. The van der Waals surface area contributed by atoms with E-state index in [4.69, 9.17) is 0 Å². The first kappa shape index (κ1) is 15.9. The molecule has 0 saturated carbocycles. The lowest BCUT2D eigenvalue weighted by atomic mass is 10.1. The van der Waals surface area contributed by atoms with Gasteiger partial charge >= 0.3 is 0 Å². The number of carbonyl (C=O) groups is 1. The van der Waals surface area contributed by atoms with E-state index in [1.165, 1.54) is 25.3 Å². The van der Waals surface area contributed by atoms with E-state index in [9.17, 15) is 13.6 Å². The summed E-state index contributed by atoms with van der Waals surface area (Å²) in [5, 5.41) is 0. The van der Waals surface area contributed by atoms with E-state index in [0.29, 0.717) is 13.1 Å². The van der Waals surface area contributed by atoms with Crippen molar-refractivity contribution < 1.29 is 13.6 Å². The molecule has 1 fully saturated rings. The molecule has 0 aromatic heterocycles. The first-order chi connectivity index (χ1) is 10.1. The number of piperazine rings is 1. The van der Waals surface area contributed by atoms with Crippen LogP contribution in [-0.4, -0.2) is 48.4 Å². The van der Waals surface area contributed by atoms with E-state index >= 15 is 0 Å². The van der Waals surface area contributed by atoms with Crippen molar-refractivity contribution >= 4 is 5.91 Å². The van der Waals surface area contributed by atoms with Crippen LogP contribution in [0.1, 0.15) is 36.5 Å². The predicted molar refractivity (Wildman–Crippen MR) is 78.2 cm³/mol. The van der Waals surface area contributed by atoms with Crippen molar-refractivity contribution in [2.75, 3.05) is 32.7 Å². The maximum absolute atomic E-state index is 13.2. The van der Waals surface area contributed by atoms with Gasteiger partial charge in [0.25, 0.3) is 5.91 Å². The second-order valence-electron chi connectivity index (χ2n) is 5.47. The Morgan fingerprint density at radius 2 is 1.81 bits per heavy atom. The molecule has 1 saturated heterocycles. The Morgan fingerprint density at radius 3 is 2.43 bits per heavy atom. The number of hydrogen-bond donors (Lipinski definition) is 0. The number of unbranched alkanes of at least 4 members (excludes halogenated alkanes) is 2. The number of hydrogen-bond acceptors (Lipinski definition) is 2. The summed E-state index contributed by atoms with van der Waals surface area (Å²) in [6.45, 7) is 6.23. The molecule has 0 spiro atoms. The summed E-state index contributed by atoms with van der Waals surface area (Å²) in [7, 11) is 0. The third kappa shape index (κ3) is 4.24. The van der Waals surface area contributed by atoms with Gasteiger partial charge in [-0.2, -0.15) is 0 Å². The highest BCUT2D eigenvalue weighted by atomic mass is 19.2. The van der Waals surface area contributed by atoms with Gasteiger partial charge in [0.1, 0.15) is 0 Å². The first-order valence-corrected chi connectivity index (χ1v) is 7.58. The van der Waals surface area contributed by atoms with Crippen LogP contribution in [0, 0.1) is 11.6 Å². The number of benzene rings is 1. The summed E-state index contributed by atoms with van der Waals surface area (Å²) in [6, 6.07) is 3.32. The molecule has 0 aliphatic carbocycles. The standard InChI is InChI=1S/C16H22F2N2O/c1-2-3-4-7-19-8-10-20(11-9-19)16(21)13-5-6-14(17)15(18)12-13/h5-6,12H,2-4,7-11H2,1H3. The zero-order valence-corrected chi connectivity index (χ0v) is 12.4. The van der Waals surface area contributed by atoms with E-state index in [1.54, 1.807) is 4.90 Å². The van der Waals surface area contributed by atoms with Crippen molar-refractivity contribution in [3.63, 3.8) is 0 Å². The van der Waals surface area contributed by atoms with Crippen LogP contribution >= 0.6 is 0 Å². The summed E-state index contributed by atoms with van der Waals surface area (Å²) >= 11 is 0. The van der Waals surface area contributed by atoms with Gasteiger partial charge in [-0.05, 0) is 31.2 Å². The Balaban J connectivity index is 1.86. The highest BCUT2D eigenvalue weighted by molar-refractivity contribution is 5.94. The van der Waals surface area contributed by atoms with E-state index in [1.807, 2.05) is 0 Å². The number of rotatable bonds is 5. The van der Waals surface area contributed by atoms with Crippen LogP contribution < -0.4 is 0 Å². The Kier molecular flexibility index (Phi) is 5.67. The Labute approximate surface area is 124 Å². The molecule has 1 heterocycles. The molecule has 0 radical (unpaired) electrons. The van der Waals surface area contributed by atoms with Crippen molar-refractivity contribution in [2.24, 2.45) is 0 Å². The van der Waals surface area contributed by atoms with Gasteiger partial charge in [0.2, 0.25) is 0 Å². The molecule has 1 aromatic carbocycles. The molecule has 1 aliphatic heterocycles. The summed E-state index contributed by atoms with van der Waals surface area (Å²) in [5.74, 6) is -2.12. The minimum atomic E-state index is -0.973. The molecular formula is C16H22F2N2O. The molecule has 0 atom stereocenters. The van der Waals surface area contributed by atoms with Gasteiger partial charge < -0.3 is 4.90 Å². The van der Waals surface area contributed by atoms with Gasteiger partial charge in [0.15, 0.2) is 11.6 Å². The monoisotopic (exact) mass is 296 g/mol. The Morgan fingerprint density at radius 1 is 1.10 bits per heavy atom. The topological polar surface area (TPSA) is 23.6 Å². The summed E-state index contributed by atoms with van der Waals surface area (Å²) in [5.41, 5.74) is 0.216. The average Bonchev–Trinajstić information content (AvgIpc) is 2.50. The maximum Gasteiger partial charge on any atom is 0.254 e. The molecule has 3 nitrogen and oxygen atoms in total. The Bertz CT molecular complexity index is 485. The van der Waals surface area contributed by atoms with E-state index in [-0.39, 0.29) is 11.5 Å². The molecule has 116 valence electrons. The zero-order chi connectivity index (χ0) is 15.2. The SMILES string of the molecule is CCCCCN1CCN(C(=O)c2ccc(F)c(F)c2)CC1. The third-order valence-electron chi connectivity index (χ3n) is 3.90. The highest BCUT2D eigenvalue weighted by Gasteiger charge is 2.22. The molecule has 2 rings (SSSR count). The van der Waals surface area contributed by atoms with E-state index in [2.05, 4.69) is 11.8 Å². The molecule has 1 aliphatic rings. The first-order valence-electron chi connectivity index (χ1n) is 7.58. The summed E-state index contributed by atoms with van der Waals surface area (Å²) in [4.78, 5) is 16.3. The minimum Gasteiger partial charge on any atom is -0.336 e. The Hall–Kier alpha value is -1.49. The highest BCUT2D eigenvalue weighted by Crippen LogP contribution is 2.13. The van der Waals surface area contributed by atoms with Crippen molar-refractivity contribution in [2.45, 2.75) is 26.2 Å². The van der Waals surface area contributed by atoms with Crippen molar-refractivity contribution in [1.29, 1.82) is 0 Å². The normalized spacial score (nSPS) is 16.2. The van der Waals surface area contributed by atoms with Gasteiger partial charge in [0, 0.05) is 31.7 Å². The van der Waals surface area contributed by atoms with Gasteiger partial charge in [-0.15, -0.1) is 0 Å². The second-order valence-corrected chi connectivity index (χ2v) is 5.47. The van der Waals surface area contributed by atoms with Crippen LogP contribution in [-0.2, 0) is 0 Å². The maximum atomic E-state index is 13.2. The molecule has 21 heavy (non-hydrogen) atoms. The van der Waals surface area contributed by atoms with Gasteiger partial charge in [-0.1, -0.05) is 19.8 Å². The number of halogens is 2. The molecule has 0 unspecified atom stereocenters. The van der Waals surface area contributed by atoms with Gasteiger partial charge in [-0.3, -0.25) is 9.69 Å². The van der Waals surface area contributed by atoms with Crippen LogP contribution in [0.4, 0.5) is 8.78 Å². The van der Waals surface area contributed by atoms with Crippen LogP contribution in [0.25, 0.3) is 0 Å². The molecule has 0 bridgehead atoms. The fourth-order valence-corrected chi connectivity index (χ4v) is 2.57. The van der Waals surface area contributed by atoms with E-state index in [0.717, 1.165) is 31.8 Å². The predicted octanol–water partition coefficient (Wildman–Crippen LogP) is 2.91. The third-order valence-corrected chi connectivity index (χ3v) is 3.90. The van der Waals surface area contributed by atoms with Crippen molar-refractivity contribution in [1.82, 2.24) is 9.80 Å². The average molecular weight is 296 g/mol. The zero-order valence-electron chi connectivity index (χ0n) is 12.4. The van der Waals surface area contributed by atoms with E-state index < -0.39 is 11.6 Å². The molecule has 1 amide bonds. The lowest BCUT2D eigenvalue weighted by Crippen LogP contribution is -2.48. The lowest BCUT2D eigenvalue weighted by molar-refractivity contribution is 0.0634. The number of carbonyl (C=O) groups excluding carboxylic acids is 1. The van der Waals surface area contributed by atoms with Crippen LogP contribution in [0.5, 0.6) is 0 Å². The number of nitrogens with zero attached hydrogens (tertiary/aromatic N) is 2. The lowest BCUT2D eigenvalue weighted by Gasteiger charge is -2.34. The van der Waals surface area contributed by atoms with Crippen molar-refractivity contribution in [3.8, 4) is 0 Å². The quantitative estimate of drug-likeness (QED) is 0.780. The van der Waals surface area contributed by atoms with Crippen molar-refractivity contribution in [3.05, 3.63) is 35.4 Å². The largest absolute Gasteiger partial charge is 0.336 e. The fourth-order valence-electron chi connectivity index (χ4n) is 2.57. The van der Waals surface area contributed by atoms with Crippen LogP contribution in [0.3, 0.4) is 0 Å². The van der Waals surface area contributed by atoms with Crippen LogP contribution in [0.15, 0.2) is 18.2 Å². The smallest absolute Gasteiger partial charge is 0.254 e. The van der Waals surface area contributed by atoms with Crippen LogP contribution in [0.2, 0.25) is 0 Å². The second kappa shape index (κ2) is 7.50. The minimum absolute atomic E-state index is 0.216. The van der Waals surface area contributed by atoms with Gasteiger partial charge in [0.05, 0.1) is 0 Å². The molecule has 5 heteroatoms. The molecule has 0 N–H and O–H groups in total. The van der Waals surface area contributed by atoms with Gasteiger partial charge in [-0.25, -0.2) is 8.78 Å². The molecular weight excluding hydrogens is 274 g/mol. The summed E-state index contributed by atoms with van der Waals surface area (Å²) in [6.07, 6.45) is 3.62.